The molecule has 0 heterocycles. The van der Waals surface area contributed by atoms with Crippen LogP contribution < -0.4 is 9.47 Å². The lowest BCUT2D eigenvalue weighted by Gasteiger charge is -2.12. The van der Waals surface area contributed by atoms with Crippen molar-refractivity contribution >= 4 is 0 Å². The van der Waals surface area contributed by atoms with Gasteiger partial charge in [0.25, 0.3) is 0 Å². The van der Waals surface area contributed by atoms with E-state index in [9.17, 15) is 5.26 Å². The molecule has 0 saturated carbocycles. The normalized spacial score (nSPS) is 11.4. The highest BCUT2D eigenvalue weighted by Crippen LogP contribution is 2.29. The molecule has 3 nitrogen and oxygen atoms in total. The number of rotatable bonds is 5. The summed E-state index contributed by atoms with van der Waals surface area (Å²) >= 11 is 0. The minimum absolute atomic E-state index is 0.158. The van der Waals surface area contributed by atoms with Crippen LogP contribution in [0.5, 0.6) is 11.5 Å². The van der Waals surface area contributed by atoms with E-state index in [1.807, 2.05) is 48.5 Å². The van der Waals surface area contributed by atoms with E-state index in [1.165, 1.54) is 0 Å². The zero-order valence-electron chi connectivity index (χ0n) is 11.7. The van der Waals surface area contributed by atoms with Gasteiger partial charge in [0, 0.05) is 0 Å². The summed E-state index contributed by atoms with van der Waals surface area (Å²) in [4.78, 5) is 0. The number of nitrogens with zero attached hydrogens (tertiary/aromatic N) is 1. The summed E-state index contributed by atoms with van der Waals surface area (Å²) in [5, 5.41) is 9.36. The third-order valence-electron chi connectivity index (χ3n) is 3.25. The first-order valence-corrected chi connectivity index (χ1v) is 6.44. The van der Waals surface area contributed by atoms with Crippen molar-refractivity contribution in [2.75, 3.05) is 14.2 Å². The van der Waals surface area contributed by atoms with Crippen molar-refractivity contribution in [1.82, 2.24) is 0 Å². The zero-order valence-corrected chi connectivity index (χ0v) is 11.7. The van der Waals surface area contributed by atoms with Crippen molar-refractivity contribution in [1.29, 1.82) is 5.26 Å². The number of hydrogen-bond acceptors (Lipinski definition) is 3. The lowest BCUT2D eigenvalue weighted by Crippen LogP contribution is -2.01. The molecule has 0 aromatic heterocycles. The summed E-state index contributed by atoms with van der Waals surface area (Å²) in [7, 11) is 3.22. The minimum Gasteiger partial charge on any atom is -0.493 e. The Balaban J connectivity index is 2.23. The molecule has 2 aromatic carbocycles. The van der Waals surface area contributed by atoms with Gasteiger partial charge in [0.1, 0.15) is 0 Å². The molecule has 20 heavy (non-hydrogen) atoms. The fraction of sp³-hybridized carbons (Fsp3) is 0.235. The van der Waals surface area contributed by atoms with Crippen LogP contribution in [0, 0.1) is 11.3 Å². The van der Waals surface area contributed by atoms with Crippen molar-refractivity contribution < 1.29 is 9.47 Å². The first kappa shape index (κ1) is 14.0. The predicted octanol–water partition coefficient (Wildman–Crippen LogP) is 3.55. The second-order valence-corrected chi connectivity index (χ2v) is 4.49. The molecule has 0 radical (unpaired) electrons. The summed E-state index contributed by atoms with van der Waals surface area (Å²) in [6.45, 7) is 0. The Kier molecular flexibility index (Phi) is 4.62. The van der Waals surface area contributed by atoms with E-state index >= 15 is 0 Å². The minimum atomic E-state index is -0.158. The lowest BCUT2D eigenvalue weighted by atomic mass is 9.93. The van der Waals surface area contributed by atoms with Gasteiger partial charge in [-0.3, -0.25) is 0 Å². The van der Waals surface area contributed by atoms with E-state index in [4.69, 9.17) is 9.47 Å². The molecule has 2 rings (SSSR count). The molecule has 2 aromatic rings. The van der Waals surface area contributed by atoms with Crippen LogP contribution in [0.15, 0.2) is 48.5 Å². The van der Waals surface area contributed by atoms with E-state index < -0.39 is 0 Å². The molecule has 0 saturated heterocycles. The number of methoxy groups -OCH3 is 2. The van der Waals surface area contributed by atoms with Gasteiger partial charge in [-0.05, 0) is 29.7 Å². The van der Waals surface area contributed by atoms with Crippen molar-refractivity contribution in [3.8, 4) is 17.6 Å². The Morgan fingerprint density at radius 2 is 1.70 bits per heavy atom. The van der Waals surface area contributed by atoms with Crippen LogP contribution in [0.25, 0.3) is 0 Å². The van der Waals surface area contributed by atoms with Gasteiger partial charge in [0.15, 0.2) is 11.5 Å². The standard InChI is InChI=1S/C17H17NO2/c1-19-16-9-8-13(11-17(16)20-2)10-15(12-18)14-6-4-3-5-7-14/h3-9,11,15H,10H2,1-2H3. The summed E-state index contributed by atoms with van der Waals surface area (Å²) in [6, 6.07) is 17.9. The van der Waals surface area contributed by atoms with Crippen LogP contribution >= 0.6 is 0 Å². The Morgan fingerprint density at radius 3 is 2.30 bits per heavy atom. The summed E-state index contributed by atoms with van der Waals surface area (Å²) in [5.41, 5.74) is 2.09. The molecule has 0 amide bonds. The summed E-state index contributed by atoms with van der Waals surface area (Å²) in [6.07, 6.45) is 0.654. The SMILES string of the molecule is COc1ccc(CC(C#N)c2ccccc2)cc1OC. The average molecular weight is 267 g/mol. The number of nitriles is 1. The maximum Gasteiger partial charge on any atom is 0.160 e. The molecule has 0 spiro atoms. The Labute approximate surface area is 119 Å². The molecular weight excluding hydrogens is 250 g/mol. The maximum absolute atomic E-state index is 9.36. The zero-order chi connectivity index (χ0) is 14.4. The van der Waals surface area contributed by atoms with Crippen LogP contribution in [0.2, 0.25) is 0 Å². The molecule has 0 aliphatic rings. The molecule has 0 aliphatic carbocycles. The molecule has 0 N–H and O–H groups in total. The number of hydrogen-bond donors (Lipinski definition) is 0. The highest BCUT2D eigenvalue weighted by atomic mass is 16.5. The van der Waals surface area contributed by atoms with Crippen LogP contribution in [-0.2, 0) is 6.42 Å². The van der Waals surface area contributed by atoms with Crippen molar-refractivity contribution in [3.63, 3.8) is 0 Å². The van der Waals surface area contributed by atoms with Gasteiger partial charge in [-0.2, -0.15) is 5.26 Å². The van der Waals surface area contributed by atoms with Gasteiger partial charge in [0.2, 0.25) is 0 Å². The Morgan fingerprint density at radius 1 is 1.00 bits per heavy atom. The monoisotopic (exact) mass is 267 g/mol. The Hall–Kier alpha value is -2.47. The summed E-state index contributed by atoms with van der Waals surface area (Å²) in [5.74, 6) is 1.23. The highest BCUT2D eigenvalue weighted by molar-refractivity contribution is 5.43. The molecule has 1 unspecified atom stereocenters. The van der Waals surface area contributed by atoms with Crippen molar-refractivity contribution in [2.24, 2.45) is 0 Å². The van der Waals surface area contributed by atoms with Crippen molar-refractivity contribution in [2.45, 2.75) is 12.3 Å². The summed E-state index contributed by atoms with van der Waals surface area (Å²) < 4.78 is 10.5. The molecule has 3 heteroatoms. The number of benzene rings is 2. The first-order chi connectivity index (χ1) is 9.78. The van der Waals surface area contributed by atoms with E-state index in [1.54, 1.807) is 14.2 Å². The molecule has 1 atom stereocenters. The van der Waals surface area contributed by atoms with E-state index in [0.29, 0.717) is 17.9 Å². The van der Waals surface area contributed by atoms with Gasteiger partial charge < -0.3 is 9.47 Å². The molecule has 0 aliphatic heterocycles. The molecular formula is C17H17NO2. The van der Waals surface area contributed by atoms with Crippen molar-refractivity contribution in [3.05, 3.63) is 59.7 Å². The smallest absolute Gasteiger partial charge is 0.160 e. The quantitative estimate of drug-likeness (QED) is 0.832. The van der Waals surface area contributed by atoms with Crippen LogP contribution in [0.3, 0.4) is 0 Å². The average Bonchev–Trinajstić information content (AvgIpc) is 2.53. The van der Waals surface area contributed by atoms with E-state index in [2.05, 4.69) is 6.07 Å². The Bertz CT molecular complexity index is 602. The highest BCUT2D eigenvalue weighted by Gasteiger charge is 2.13. The molecule has 0 bridgehead atoms. The van der Waals surface area contributed by atoms with E-state index in [0.717, 1.165) is 11.1 Å². The van der Waals surface area contributed by atoms with Gasteiger partial charge >= 0.3 is 0 Å². The second-order valence-electron chi connectivity index (χ2n) is 4.49. The lowest BCUT2D eigenvalue weighted by molar-refractivity contribution is 0.354. The predicted molar refractivity (Wildman–Crippen MR) is 78.0 cm³/mol. The van der Waals surface area contributed by atoms with Crippen LogP contribution in [-0.4, -0.2) is 14.2 Å². The van der Waals surface area contributed by atoms with Gasteiger partial charge in [-0.15, -0.1) is 0 Å². The van der Waals surface area contributed by atoms with Gasteiger partial charge in [-0.25, -0.2) is 0 Å². The fourth-order valence-corrected chi connectivity index (χ4v) is 2.17. The third-order valence-corrected chi connectivity index (χ3v) is 3.25. The van der Waals surface area contributed by atoms with E-state index in [-0.39, 0.29) is 5.92 Å². The van der Waals surface area contributed by atoms with Gasteiger partial charge in [0.05, 0.1) is 26.2 Å². The molecule has 102 valence electrons. The largest absolute Gasteiger partial charge is 0.493 e. The van der Waals surface area contributed by atoms with Crippen LogP contribution in [0.1, 0.15) is 17.0 Å². The van der Waals surface area contributed by atoms with Gasteiger partial charge in [-0.1, -0.05) is 36.4 Å². The topological polar surface area (TPSA) is 42.2 Å². The maximum atomic E-state index is 9.36. The first-order valence-electron chi connectivity index (χ1n) is 6.44. The molecule has 0 fully saturated rings. The fourth-order valence-electron chi connectivity index (χ4n) is 2.17. The number of ether oxygens (including phenoxy) is 2. The second kappa shape index (κ2) is 6.63. The van der Waals surface area contributed by atoms with Crippen LogP contribution in [0.4, 0.5) is 0 Å². The third kappa shape index (κ3) is 3.10.